The lowest BCUT2D eigenvalue weighted by atomic mass is 9.96. The predicted molar refractivity (Wildman–Crippen MR) is 67.2 cm³/mol. The van der Waals surface area contributed by atoms with Crippen LogP contribution in [0, 0.1) is 5.92 Å². The summed E-state index contributed by atoms with van der Waals surface area (Å²) in [6, 6.07) is 5.62. The third kappa shape index (κ3) is 2.28. The normalized spacial score (nSPS) is 11.0. The first-order chi connectivity index (χ1) is 8.11. The largest absolute Gasteiger partial charge is 0.361 e. The Morgan fingerprint density at radius 3 is 2.82 bits per heavy atom. The minimum absolute atomic E-state index is 0.00570. The molecule has 0 radical (unpaired) electrons. The molecule has 0 saturated carbocycles. The van der Waals surface area contributed by atoms with Gasteiger partial charge in [0.15, 0.2) is 0 Å². The molecule has 0 unspecified atom stereocenters. The number of rotatable bonds is 4. The standard InChI is InChI=1S/C14H15NO2/c1-9(2)14(17)7-11-6-13-10(3-4-15-13)5-12(11)8-16/h3-6,8-9,15H,7H2,1-2H3. The number of carbonyl (C=O) groups excluding carboxylic acids is 2. The van der Waals surface area contributed by atoms with Crippen molar-refractivity contribution in [1.29, 1.82) is 0 Å². The summed E-state index contributed by atoms with van der Waals surface area (Å²) in [5.41, 5.74) is 2.36. The van der Waals surface area contributed by atoms with Crippen LogP contribution in [0.5, 0.6) is 0 Å². The summed E-state index contributed by atoms with van der Waals surface area (Å²) in [5, 5.41) is 0.993. The van der Waals surface area contributed by atoms with Crippen molar-refractivity contribution in [3.05, 3.63) is 35.5 Å². The fraction of sp³-hybridized carbons (Fsp3) is 0.286. The van der Waals surface area contributed by atoms with E-state index in [1.54, 1.807) is 0 Å². The first-order valence-corrected chi connectivity index (χ1v) is 5.69. The van der Waals surface area contributed by atoms with Gasteiger partial charge in [0.1, 0.15) is 12.1 Å². The quantitative estimate of drug-likeness (QED) is 0.819. The Bertz CT molecular complexity index is 567. The Balaban J connectivity index is 2.43. The maximum Gasteiger partial charge on any atom is 0.150 e. The number of benzene rings is 1. The van der Waals surface area contributed by atoms with Gasteiger partial charge in [-0.25, -0.2) is 0 Å². The molecule has 0 aliphatic heterocycles. The summed E-state index contributed by atoms with van der Waals surface area (Å²) >= 11 is 0. The van der Waals surface area contributed by atoms with Gasteiger partial charge in [-0.2, -0.15) is 0 Å². The number of fused-ring (bicyclic) bond motifs is 1. The van der Waals surface area contributed by atoms with Crippen molar-refractivity contribution in [3.8, 4) is 0 Å². The van der Waals surface area contributed by atoms with E-state index in [1.165, 1.54) is 0 Å². The zero-order valence-corrected chi connectivity index (χ0v) is 9.99. The van der Waals surface area contributed by atoms with Crippen LogP contribution in [0.15, 0.2) is 24.4 Å². The summed E-state index contributed by atoms with van der Waals surface area (Å²) in [7, 11) is 0. The summed E-state index contributed by atoms with van der Waals surface area (Å²) in [6.45, 7) is 3.74. The third-order valence-electron chi connectivity index (χ3n) is 2.95. The average Bonchev–Trinajstić information content (AvgIpc) is 2.74. The smallest absolute Gasteiger partial charge is 0.150 e. The van der Waals surface area contributed by atoms with E-state index in [1.807, 2.05) is 38.2 Å². The second kappa shape index (κ2) is 4.53. The Labute approximate surface area is 99.8 Å². The van der Waals surface area contributed by atoms with E-state index >= 15 is 0 Å². The van der Waals surface area contributed by atoms with E-state index < -0.39 is 0 Å². The molecule has 1 aromatic carbocycles. The predicted octanol–water partition coefficient (Wildman–Crippen LogP) is 2.75. The van der Waals surface area contributed by atoms with Gasteiger partial charge in [-0.15, -0.1) is 0 Å². The molecule has 1 aromatic heterocycles. The van der Waals surface area contributed by atoms with Crippen molar-refractivity contribution in [2.24, 2.45) is 5.92 Å². The Morgan fingerprint density at radius 2 is 2.18 bits per heavy atom. The van der Waals surface area contributed by atoms with Crippen molar-refractivity contribution in [1.82, 2.24) is 4.98 Å². The van der Waals surface area contributed by atoms with Crippen molar-refractivity contribution in [2.75, 3.05) is 0 Å². The van der Waals surface area contributed by atoms with E-state index in [4.69, 9.17) is 0 Å². The van der Waals surface area contributed by atoms with Gasteiger partial charge in [-0.3, -0.25) is 9.59 Å². The lowest BCUT2D eigenvalue weighted by Crippen LogP contribution is -2.11. The van der Waals surface area contributed by atoms with Gasteiger partial charge in [-0.1, -0.05) is 13.8 Å². The lowest BCUT2D eigenvalue weighted by Gasteiger charge is -2.07. The number of hydrogen-bond acceptors (Lipinski definition) is 2. The number of H-pyrrole nitrogens is 1. The Hall–Kier alpha value is -1.90. The van der Waals surface area contributed by atoms with Crippen LogP contribution in [-0.4, -0.2) is 17.1 Å². The minimum Gasteiger partial charge on any atom is -0.361 e. The fourth-order valence-electron chi connectivity index (χ4n) is 1.82. The van der Waals surface area contributed by atoms with Crippen LogP contribution >= 0.6 is 0 Å². The molecule has 0 spiro atoms. The van der Waals surface area contributed by atoms with E-state index in [0.29, 0.717) is 12.0 Å². The number of nitrogens with one attached hydrogen (secondary N) is 1. The zero-order chi connectivity index (χ0) is 12.4. The van der Waals surface area contributed by atoms with Crippen LogP contribution in [-0.2, 0) is 11.2 Å². The Morgan fingerprint density at radius 1 is 1.41 bits per heavy atom. The highest BCUT2D eigenvalue weighted by Gasteiger charge is 2.12. The van der Waals surface area contributed by atoms with Gasteiger partial charge in [0.2, 0.25) is 0 Å². The molecule has 0 fully saturated rings. The van der Waals surface area contributed by atoms with Gasteiger partial charge >= 0.3 is 0 Å². The molecule has 0 atom stereocenters. The van der Waals surface area contributed by atoms with Gasteiger partial charge in [0.25, 0.3) is 0 Å². The number of hydrogen-bond donors (Lipinski definition) is 1. The van der Waals surface area contributed by atoms with Gasteiger partial charge in [-0.05, 0) is 23.8 Å². The summed E-state index contributed by atoms with van der Waals surface area (Å²) < 4.78 is 0. The lowest BCUT2D eigenvalue weighted by molar-refractivity contribution is -0.121. The molecule has 0 amide bonds. The number of ketones is 1. The number of Topliss-reactive ketones (excluding diaryl/α,β-unsaturated/α-hetero) is 1. The van der Waals surface area contributed by atoms with Crippen LogP contribution in [0.25, 0.3) is 10.9 Å². The van der Waals surface area contributed by atoms with Crippen molar-refractivity contribution in [3.63, 3.8) is 0 Å². The highest BCUT2D eigenvalue weighted by Crippen LogP contribution is 2.19. The zero-order valence-electron chi connectivity index (χ0n) is 9.99. The number of aromatic amines is 1. The van der Waals surface area contributed by atoms with Gasteiger partial charge < -0.3 is 4.98 Å². The maximum atomic E-state index is 11.7. The Kier molecular flexibility index (Phi) is 3.09. The van der Waals surface area contributed by atoms with E-state index in [9.17, 15) is 9.59 Å². The highest BCUT2D eigenvalue weighted by atomic mass is 16.1. The summed E-state index contributed by atoms with van der Waals surface area (Å²) in [6.07, 6.45) is 2.96. The molecule has 1 heterocycles. The van der Waals surface area contributed by atoms with Crippen molar-refractivity contribution in [2.45, 2.75) is 20.3 Å². The van der Waals surface area contributed by atoms with E-state index in [2.05, 4.69) is 4.98 Å². The molecule has 3 heteroatoms. The first-order valence-electron chi connectivity index (χ1n) is 5.69. The van der Waals surface area contributed by atoms with Gasteiger partial charge in [0.05, 0.1) is 0 Å². The van der Waals surface area contributed by atoms with Crippen molar-refractivity contribution < 1.29 is 9.59 Å². The third-order valence-corrected chi connectivity index (χ3v) is 2.95. The highest BCUT2D eigenvalue weighted by molar-refractivity contribution is 5.92. The van der Waals surface area contributed by atoms with Crippen molar-refractivity contribution >= 4 is 23.0 Å². The molecule has 17 heavy (non-hydrogen) atoms. The second-order valence-corrected chi connectivity index (χ2v) is 4.53. The molecule has 0 bridgehead atoms. The molecule has 2 rings (SSSR count). The molecule has 0 saturated heterocycles. The van der Waals surface area contributed by atoms with Crippen LogP contribution in [0.3, 0.4) is 0 Å². The summed E-state index contributed by atoms with van der Waals surface area (Å²) in [5.74, 6) is 0.146. The fourth-order valence-corrected chi connectivity index (χ4v) is 1.82. The second-order valence-electron chi connectivity index (χ2n) is 4.53. The molecule has 3 nitrogen and oxygen atoms in total. The first kappa shape index (κ1) is 11.6. The molecule has 1 N–H and O–H groups in total. The summed E-state index contributed by atoms with van der Waals surface area (Å²) in [4.78, 5) is 25.8. The number of aromatic nitrogens is 1. The molecular weight excluding hydrogens is 214 g/mol. The molecule has 0 aliphatic rings. The number of carbonyl (C=O) groups is 2. The van der Waals surface area contributed by atoms with Gasteiger partial charge in [0, 0.05) is 35.0 Å². The monoisotopic (exact) mass is 229 g/mol. The van der Waals surface area contributed by atoms with Crippen LogP contribution in [0.2, 0.25) is 0 Å². The SMILES string of the molecule is CC(C)C(=O)Cc1cc2[nH]ccc2cc1C=O. The van der Waals surface area contributed by atoms with E-state index in [0.717, 1.165) is 22.8 Å². The number of aldehydes is 1. The average molecular weight is 229 g/mol. The molecular formula is C14H15NO2. The molecule has 88 valence electrons. The molecule has 0 aliphatic carbocycles. The minimum atomic E-state index is -0.00570. The van der Waals surface area contributed by atoms with E-state index in [-0.39, 0.29) is 11.7 Å². The van der Waals surface area contributed by atoms with Crippen LogP contribution < -0.4 is 0 Å². The van der Waals surface area contributed by atoms with Crippen LogP contribution in [0.4, 0.5) is 0 Å². The molecule has 2 aromatic rings. The topological polar surface area (TPSA) is 49.9 Å². The maximum absolute atomic E-state index is 11.7. The van der Waals surface area contributed by atoms with Crippen LogP contribution in [0.1, 0.15) is 29.8 Å².